The molecule has 1 fully saturated rings. The highest BCUT2D eigenvalue weighted by molar-refractivity contribution is 6.07. The Morgan fingerprint density at radius 1 is 1.23 bits per heavy atom. The number of morpholine rings is 1. The molecule has 31 heavy (non-hydrogen) atoms. The number of pyridine rings is 1. The number of nitrogen functional groups attached to an aromatic ring is 1. The molecule has 0 radical (unpaired) electrons. The van der Waals surface area contributed by atoms with Crippen molar-refractivity contribution < 1.29 is 9.53 Å². The topological polar surface area (TPSA) is 132 Å². The van der Waals surface area contributed by atoms with Crippen LogP contribution >= 0.6 is 0 Å². The molecule has 0 spiro atoms. The number of hydrogen-bond donors (Lipinski definition) is 3. The molecule has 0 bridgehead atoms. The molecule has 1 aromatic carbocycles. The Bertz CT molecular complexity index is 1100. The first-order valence-corrected chi connectivity index (χ1v) is 10.1. The van der Waals surface area contributed by atoms with Gasteiger partial charge in [-0.25, -0.2) is 9.97 Å². The number of benzene rings is 1. The summed E-state index contributed by atoms with van der Waals surface area (Å²) in [5.41, 5.74) is 16.7. The summed E-state index contributed by atoms with van der Waals surface area (Å²) in [6, 6.07) is 7.73. The summed E-state index contributed by atoms with van der Waals surface area (Å²) in [5.74, 6) is -0.375. The minimum Gasteiger partial charge on any atom is -0.382 e. The van der Waals surface area contributed by atoms with Gasteiger partial charge in [0, 0.05) is 31.4 Å². The number of nitrogens with one attached hydrogen (secondary N) is 1. The number of nitrogens with zero attached hydrogens (tertiary/aromatic N) is 4. The van der Waals surface area contributed by atoms with E-state index in [0.29, 0.717) is 31.1 Å². The maximum absolute atomic E-state index is 13.1. The second-order valence-electron chi connectivity index (χ2n) is 7.29. The smallest absolute Gasteiger partial charge is 0.278 e. The van der Waals surface area contributed by atoms with E-state index in [1.807, 2.05) is 31.2 Å². The number of carbonyl (C=O) groups excluding carboxylic acids is 1. The zero-order chi connectivity index (χ0) is 21.8. The van der Waals surface area contributed by atoms with E-state index < -0.39 is 5.91 Å². The minimum absolute atomic E-state index is 0.0642. The monoisotopic (exact) mass is 419 g/mol. The molecule has 9 nitrogen and oxygen atoms in total. The molecule has 3 aromatic rings. The van der Waals surface area contributed by atoms with E-state index in [4.69, 9.17) is 16.2 Å². The van der Waals surface area contributed by atoms with Crippen molar-refractivity contribution in [2.45, 2.75) is 13.5 Å². The second kappa shape index (κ2) is 9.07. The molecule has 1 aliphatic heterocycles. The summed E-state index contributed by atoms with van der Waals surface area (Å²) >= 11 is 0. The maximum atomic E-state index is 13.1. The summed E-state index contributed by atoms with van der Waals surface area (Å²) in [5, 5.41) is 2.89. The molecule has 1 amide bonds. The summed E-state index contributed by atoms with van der Waals surface area (Å²) < 4.78 is 5.42. The molecule has 9 heteroatoms. The van der Waals surface area contributed by atoms with E-state index in [1.165, 1.54) is 0 Å². The summed E-state index contributed by atoms with van der Waals surface area (Å²) in [6.45, 7) is 5.18. The van der Waals surface area contributed by atoms with Crippen LogP contribution in [-0.4, -0.2) is 47.2 Å². The molecular formula is C22H25N7O2. The highest BCUT2D eigenvalue weighted by atomic mass is 16.5. The number of rotatable bonds is 5. The van der Waals surface area contributed by atoms with E-state index in [0.717, 1.165) is 35.5 Å². The molecule has 4 rings (SSSR count). The molecule has 2 aromatic heterocycles. The van der Waals surface area contributed by atoms with Crippen LogP contribution in [0.2, 0.25) is 0 Å². The van der Waals surface area contributed by atoms with E-state index in [2.05, 4.69) is 25.2 Å². The maximum Gasteiger partial charge on any atom is 0.278 e. The number of carbonyl (C=O) groups is 1. The van der Waals surface area contributed by atoms with Crippen LogP contribution in [0.3, 0.4) is 0 Å². The van der Waals surface area contributed by atoms with Crippen molar-refractivity contribution >= 4 is 23.1 Å². The van der Waals surface area contributed by atoms with Crippen molar-refractivity contribution in [3.63, 3.8) is 0 Å². The van der Waals surface area contributed by atoms with Crippen LogP contribution in [0.5, 0.6) is 0 Å². The van der Waals surface area contributed by atoms with Gasteiger partial charge in [-0.1, -0.05) is 18.2 Å². The summed E-state index contributed by atoms with van der Waals surface area (Å²) in [7, 11) is 0. The van der Waals surface area contributed by atoms with Crippen LogP contribution in [0.25, 0.3) is 11.3 Å². The van der Waals surface area contributed by atoms with Crippen LogP contribution in [-0.2, 0) is 11.3 Å². The van der Waals surface area contributed by atoms with Crippen molar-refractivity contribution in [2.75, 3.05) is 42.3 Å². The van der Waals surface area contributed by atoms with Gasteiger partial charge in [0.15, 0.2) is 11.5 Å². The van der Waals surface area contributed by atoms with E-state index in [1.54, 1.807) is 18.6 Å². The number of ether oxygens (including phenoxy) is 1. The van der Waals surface area contributed by atoms with Gasteiger partial charge in [-0.3, -0.25) is 9.78 Å². The van der Waals surface area contributed by atoms with Gasteiger partial charge in [0.25, 0.3) is 5.91 Å². The van der Waals surface area contributed by atoms with Gasteiger partial charge in [0.1, 0.15) is 0 Å². The first-order chi connectivity index (χ1) is 15.1. The summed E-state index contributed by atoms with van der Waals surface area (Å²) in [6.07, 6.45) is 4.88. The Hall–Kier alpha value is -3.56. The van der Waals surface area contributed by atoms with Gasteiger partial charge in [-0.15, -0.1) is 0 Å². The molecular weight excluding hydrogens is 394 g/mol. The molecule has 0 aliphatic carbocycles. The number of hydrogen-bond acceptors (Lipinski definition) is 8. The van der Waals surface area contributed by atoms with Crippen molar-refractivity contribution in [1.82, 2.24) is 15.0 Å². The number of nitrogens with two attached hydrogens (primary N) is 2. The number of anilines is 3. The van der Waals surface area contributed by atoms with Crippen LogP contribution in [0.1, 0.15) is 21.6 Å². The fourth-order valence-corrected chi connectivity index (χ4v) is 3.58. The number of aromatic nitrogens is 3. The second-order valence-corrected chi connectivity index (χ2v) is 7.29. The van der Waals surface area contributed by atoms with Crippen molar-refractivity contribution in [1.29, 1.82) is 0 Å². The normalized spacial score (nSPS) is 13.8. The first kappa shape index (κ1) is 20.7. The number of amides is 1. The van der Waals surface area contributed by atoms with Crippen molar-refractivity contribution in [2.24, 2.45) is 5.73 Å². The predicted molar refractivity (Wildman–Crippen MR) is 120 cm³/mol. The van der Waals surface area contributed by atoms with Gasteiger partial charge in [0.2, 0.25) is 0 Å². The Balaban J connectivity index is 1.62. The molecule has 1 saturated heterocycles. The minimum atomic E-state index is -0.439. The SMILES string of the molecule is Cc1cc(CN)ccc1-c1cnc(N)c(C(=O)Nc2cnccc2N2CCOCC2)n1. The largest absolute Gasteiger partial charge is 0.382 e. The predicted octanol–water partition coefficient (Wildman–Crippen LogP) is 1.98. The van der Waals surface area contributed by atoms with Crippen LogP contribution in [0.4, 0.5) is 17.2 Å². The van der Waals surface area contributed by atoms with Crippen molar-refractivity contribution in [3.8, 4) is 11.3 Å². The van der Waals surface area contributed by atoms with Gasteiger partial charge >= 0.3 is 0 Å². The van der Waals surface area contributed by atoms with E-state index in [-0.39, 0.29) is 11.5 Å². The fraction of sp³-hybridized carbons (Fsp3) is 0.273. The highest BCUT2D eigenvalue weighted by Crippen LogP contribution is 2.27. The lowest BCUT2D eigenvalue weighted by atomic mass is 10.0. The van der Waals surface area contributed by atoms with E-state index >= 15 is 0 Å². The number of aryl methyl sites for hydroxylation is 1. The Morgan fingerprint density at radius 3 is 2.77 bits per heavy atom. The fourth-order valence-electron chi connectivity index (χ4n) is 3.58. The summed E-state index contributed by atoms with van der Waals surface area (Å²) in [4.78, 5) is 28.1. The quantitative estimate of drug-likeness (QED) is 0.572. The first-order valence-electron chi connectivity index (χ1n) is 10.1. The molecule has 5 N–H and O–H groups in total. The molecule has 3 heterocycles. The average Bonchev–Trinajstić information content (AvgIpc) is 2.80. The van der Waals surface area contributed by atoms with Crippen LogP contribution in [0, 0.1) is 6.92 Å². The van der Waals surface area contributed by atoms with Gasteiger partial charge in [-0.2, -0.15) is 0 Å². The van der Waals surface area contributed by atoms with Gasteiger partial charge in [-0.05, 0) is 24.1 Å². The highest BCUT2D eigenvalue weighted by Gasteiger charge is 2.20. The van der Waals surface area contributed by atoms with Gasteiger partial charge in [0.05, 0.1) is 42.7 Å². The van der Waals surface area contributed by atoms with Crippen LogP contribution in [0.15, 0.2) is 42.9 Å². The Morgan fingerprint density at radius 2 is 2.03 bits per heavy atom. The average molecular weight is 419 g/mol. The van der Waals surface area contributed by atoms with Crippen molar-refractivity contribution in [3.05, 3.63) is 59.7 Å². The Kier molecular flexibility index (Phi) is 6.06. The third-order valence-electron chi connectivity index (χ3n) is 5.22. The molecule has 1 aliphatic rings. The lowest BCUT2D eigenvalue weighted by Crippen LogP contribution is -2.36. The van der Waals surface area contributed by atoms with E-state index in [9.17, 15) is 4.79 Å². The standard InChI is InChI=1S/C22H25N7O2/c1-14-10-15(11-23)2-3-16(14)17-13-26-21(24)20(27-17)22(30)28-18-12-25-5-4-19(18)29-6-8-31-9-7-29/h2-5,10,12-13H,6-9,11,23H2,1H3,(H2,24,26)(H,28,30). The van der Waals surface area contributed by atoms with Gasteiger partial charge < -0.3 is 26.4 Å². The Labute approximate surface area is 180 Å². The molecule has 160 valence electrons. The third kappa shape index (κ3) is 4.47. The third-order valence-corrected chi connectivity index (χ3v) is 5.22. The lowest BCUT2D eigenvalue weighted by Gasteiger charge is -2.30. The van der Waals surface area contributed by atoms with Crippen LogP contribution < -0.4 is 21.7 Å². The zero-order valence-corrected chi connectivity index (χ0v) is 17.3. The molecule has 0 unspecified atom stereocenters. The lowest BCUT2D eigenvalue weighted by molar-refractivity contribution is 0.102. The molecule has 0 atom stereocenters. The molecule has 0 saturated carbocycles. The zero-order valence-electron chi connectivity index (χ0n) is 17.3.